The number of aromatic nitrogens is 1. The summed E-state index contributed by atoms with van der Waals surface area (Å²) in [5, 5.41) is 8.19. The molecule has 0 atom stereocenters. The molecular weight excluding hydrogens is 408 g/mol. The number of hydrogen-bond acceptors (Lipinski definition) is 8. The van der Waals surface area contributed by atoms with Crippen LogP contribution in [0, 0.1) is 0 Å². The number of nitrogens with one attached hydrogen (secondary N) is 2. The van der Waals surface area contributed by atoms with E-state index in [9.17, 15) is 9.59 Å². The van der Waals surface area contributed by atoms with Crippen LogP contribution in [0.4, 0.5) is 10.8 Å². The summed E-state index contributed by atoms with van der Waals surface area (Å²) in [6.45, 7) is 1.89. The largest absolute Gasteiger partial charge is 0.495 e. The van der Waals surface area contributed by atoms with Crippen molar-refractivity contribution in [3.63, 3.8) is 0 Å². The first-order valence-electron chi connectivity index (χ1n) is 9.48. The standard InChI is InChI=1S/C20H28N4O5S/c1-27-12-9-21-18(25)8-10-24(11-13-28-2)19(26)16-14-30-20(23-16)22-15-6-4-5-7-17(15)29-3/h4-7,14H,8-13H2,1-3H3,(H,21,25)(H,22,23). The smallest absolute Gasteiger partial charge is 0.273 e. The highest BCUT2D eigenvalue weighted by Gasteiger charge is 2.20. The van der Waals surface area contributed by atoms with Crippen molar-refractivity contribution in [1.29, 1.82) is 0 Å². The fourth-order valence-electron chi connectivity index (χ4n) is 2.59. The van der Waals surface area contributed by atoms with Gasteiger partial charge in [-0.15, -0.1) is 11.3 Å². The van der Waals surface area contributed by atoms with Gasteiger partial charge in [0.15, 0.2) is 5.13 Å². The summed E-state index contributed by atoms with van der Waals surface area (Å²) < 4.78 is 15.3. The lowest BCUT2D eigenvalue weighted by molar-refractivity contribution is -0.121. The van der Waals surface area contributed by atoms with Crippen LogP contribution in [0.3, 0.4) is 0 Å². The molecule has 2 amide bonds. The molecule has 164 valence electrons. The fourth-order valence-corrected chi connectivity index (χ4v) is 3.28. The maximum atomic E-state index is 12.9. The van der Waals surface area contributed by atoms with Crippen LogP contribution in [-0.4, -0.2) is 75.9 Å². The molecule has 0 radical (unpaired) electrons. The molecule has 0 bridgehead atoms. The Morgan fingerprint density at radius 3 is 2.60 bits per heavy atom. The van der Waals surface area contributed by atoms with E-state index >= 15 is 0 Å². The van der Waals surface area contributed by atoms with Crippen molar-refractivity contribution in [2.45, 2.75) is 6.42 Å². The average molecular weight is 437 g/mol. The number of hydrogen-bond donors (Lipinski definition) is 2. The Kier molecular flexibility index (Phi) is 10.1. The Morgan fingerprint density at radius 1 is 1.10 bits per heavy atom. The summed E-state index contributed by atoms with van der Waals surface area (Å²) in [5.74, 6) is 0.293. The number of ether oxygens (including phenoxy) is 3. The minimum atomic E-state index is -0.249. The molecule has 0 aliphatic heterocycles. The van der Waals surface area contributed by atoms with Gasteiger partial charge in [0.2, 0.25) is 5.91 Å². The molecule has 30 heavy (non-hydrogen) atoms. The number of nitrogens with zero attached hydrogens (tertiary/aromatic N) is 2. The summed E-state index contributed by atoms with van der Waals surface area (Å²) in [4.78, 5) is 30.8. The zero-order valence-corrected chi connectivity index (χ0v) is 18.3. The van der Waals surface area contributed by atoms with Gasteiger partial charge in [0.05, 0.1) is 26.0 Å². The number of amides is 2. The lowest BCUT2D eigenvalue weighted by Crippen LogP contribution is -2.38. The molecule has 0 aliphatic rings. The molecule has 2 rings (SSSR count). The first kappa shape index (κ1) is 23.6. The van der Waals surface area contributed by atoms with Crippen LogP contribution in [0.25, 0.3) is 0 Å². The molecular formula is C20H28N4O5S. The summed E-state index contributed by atoms with van der Waals surface area (Å²) >= 11 is 1.32. The highest BCUT2D eigenvalue weighted by atomic mass is 32.1. The van der Waals surface area contributed by atoms with Gasteiger partial charge in [-0.3, -0.25) is 9.59 Å². The summed E-state index contributed by atoms with van der Waals surface area (Å²) in [6, 6.07) is 7.47. The minimum absolute atomic E-state index is 0.140. The molecule has 0 spiro atoms. The van der Waals surface area contributed by atoms with E-state index in [1.165, 1.54) is 11.3 Å². The molecule has 1 aromatic heterocycles. The van der Waals surface area contributed by atoms with Gasteiger partial charge in [-0.1, -0.05) is 12.1 Å². The number of thiazole rings is 1. The maximum Gasteiger partial charge on any atom is 0.273 e. The summed E-state index contributed by atoms with van der Waals surface area (Å²) in [5.41, 5.74) is 1.07. The Balaban J connectivity index is 2.00. The number of para-hydroxylation sites is 2. The maximum absolute atomic E-state index is 12.9. The molecule has 2 N–H and O–H groups in total. The predicted molar refractivity (Wildman–Crippen MR) is 116 cm³/mol. The number of benzene rings is 1. The lowest BCUT2D eigenvalue weighted by Gasteiger charge is -2.21. The molecule has 0 saturated carbocycles. The van der Waals surface area contributed by atoms with Gasteiger partial charge in [0.25, 0.3) is 5.91 Å². The van der Waals surface area contributed by atoms with Crippen molar-refractivity contribution >= 4 is 34.0 Å². The van der Waals surface area contributed by atoms with Gasteiger partial charge in [-0.2, -0.15) is 0 Å². The highest BCUT2D eigenvalue weighted by molar-refractivity contribution is 7.14. The minimum Gasteiger partial charge on any atom is -0.495 e. The molecule has 0 unspecified atom stereocenters. The normalized spacial score (nSPS) is 10.5. The Bertz CT molecular complexity index is 814. The second-order valence-electron chi connectivity index (χ2n) is 6.24. The van der Waals surface area contributed by atoms with Gasteiger partial charge in [-0.05, 0) is 12.1 Å². The highest BCUT2D eigenvalue weighted by Crippen LogP contribution is 2.28. The monoisotopic (exact) mass is 436 g/mol. The van der Waals surface area contributed by atoms with E-state index in [0.717, 1.165) is 5.69 Å². The fraction of sp³-hybridized carbons (Fsp3) is 0.450. The molecule has 2 aromatic rings. The number of carbonyl (C=O) groups excluding carboxylic acids is 2. The first-order chi connectivity index (χ1) is 14.6. The summed E-state index contributed by atoms with van der Waals surface area (Å²) in [7, 11) is 4.73. The molecule has 0 aliphatic carbocycles. The van der Waals surface area contributed by atoms with Gasteiger partial charge < -0.3 is 29.7 Å². The first-order valence-corrected chi connectivity index (χ1v) is 10.4. The SMILES string of the molecule is COCCNC(=O)CCN(CCOC)C(=O)c1csc(Nc2ccccc2OC)n1. The van der Waals surface area contributed by atoms with Crippen molar-refractivity contribution in [3.8, 4) is 5.75 Å². The third-order valence-electron chi connectivity index (χ3n) is 4.16. The average Bonchev–Trinajstić information content (AvgIpc) is 3.22. The van der Waals surface area contributed by atoms with Gasteiger partial charge in [0.1, 0.15) is 11.4 Å². The number of methoxy groups -OCH3 is 3. The van der Waals surface area contributed by atoms with E-state index in [4.69, 9.17) is 14.2 Å². The van der Waals surface area contributed by atoms with Crippen LogP contribution in [-0.2, 0) is 14.3 Å². The molecule has 1 heterocycles. The second kappa shape index (κ2) is 12.8. The van der Waals surface area contributed by atoms with Crippen LogP contribution in [0.1, 0.15) is 16.9 Å². The van der Waals surface area contributed by atoms with Crippen molar-refractivity contribution in [1.82, 2.24) is 15.2 Å². The molecule has 9 nitrogen and oxygen atoms in total. The topological polar surface area (TPSA) is 102 Å². The molecule has 0 saturated heterocycles. The number of rotatable bonds is 13. The molecule has 0 fully saturated rings. The van der Waals surface area contributed by atoms with E-state index < -0.39 is 0 Å². The second-order valence-corrected chi connectivity index (χ2v) is 7.10. The Hall–Kier alpha value is -2.69. The van der Waals surface area contributed by atoms with E-state index in [2.05, 4.69) is 15.6 Å². The van der Waals surface area contributed by atoms with Crippen molar-refractivity contribution in [3.05, 3.63) is 35.3 Å². The summed E-state index contributed by atoms with van der Waals surface area (Å²) in [6.07, 6.45) is 0.190. The predicted octanol–water partition coefficient (Wildman–Crippen LogP) is 2.14. The Morgan fingerprint density at radius 2 is 1.87 bits per heavy atom. The quantitative estimate of drug-likeness (QED) is 0.464. The molecule has 1 aromatic carbocycles. The van der Waals surface area contributed by atoms with Gasteiger partial charge >= 0.3 is 0 Å². The van der Waals surface area contributed by atoms with E-state index in [0.29, 0.717) is 42.9 Å². The Labute approximate surface area is 180 Å². The van der Waals surface area contributed by atoms with E-state index in [-0.39, 0.29) is 24.8 Å². The van der Waals surface area contributed by atoms with Crippen LogP contribution >= 0.6 is 11.3 Å². The van der Waals surface area contributed by atoms with Gasteiger partial charge in [-0.25, -0.2) is 4.98 Å². The van der Waals surface area contributed by atoms with E-state index in [1.807, 2.05) is 24.3 Å². The zero-order chi connectivity index (χ0) is 21.8. The van der Waals surface area contributed by atoms with E-state index in [1.54, 1.807) is 31.6 Å². The number of carbonyl (C=O) groups is 2. The van der Waals surface area contributed by atoms with Crippen LogP contribution < -0.4 is 15.4 Å². The number of anilines is 2. The lowest BCUT2D eigenvalue weighted by atomic mass is 10.3. The van der Waals surface area contributed by atoms with Crippen LogP contribution in [0.15, 0.2) is 29.6 Å². The van der Waals surface area contributed by atoms with Crippen molar-refractivity contribution < 1.29 is 23.8 Å². The third-order valence-corrected chi connectivity index (χ3v) is 4.92. The van der Waals surface area contributed by atoms with Gasteiger partial charge in [0, 0.05) is 45.7 Å². The van der Waals surface area contributed by atoms with Crippen LogP contribution in [0.2, 0.25) is 0 Å². The van der Waals surface area contributed by atoms with Crippen molar-refractivity contribution in [2.75, 3.05) is 59.5 Å². The molecule has 10 heteroatoms. The van der Waals surface area contributed by atoms with Crippen LogP contribution in [0.5, 0.6) is 5.75 Å². The van der Waals surface area contributed by atoms with Crippen molar-refractivity contribution in [2.24, 2.45) is 0 Å². The third kappa shape index (κ3) is 7.29. The zero-order valence-electron chi connectivity index (χ0n) is 17.5.